The van der Waals surface area contributed by atoms with Crippen molar-refractivity contribution in [2.75, 3.05) is 5.32 Å². The Kier molecular flexibility index (Phi) is 3.51. The lowest BCUT2D eigenvalue weighted by Crippen LogP contribution is -2.07. The van der Waals surface area contributed by atoms with Crippen molar-refractivity contribution < 1.29 is 9.50 Å². The molecule has 0 amide bonds. The highest BCUT2D eigenvalue weighted by Gasteiger charge is 2.12. The monoisotopic (exact) mass is 302 g/mol. The first kappa shape index (κ1) is 13.8. The van der Waals surface area contributed by atoms with Crippen molar-refractivity contribution in [2.24, 2.45) is 0 Å². The van der Waals surface area contributed by atoms with Crippen LogP contribution in [0.15, 0.2) is 36.4 Å². The maximum Gasteiger partial charge on any atom is 0.123 e. The zero-order valence-corrected chi connectivity index (χ0v) is 12.5. The van der Waals surface area contributed by atoms with E-state index >= 15 is 0 Å². The fourth-order valence-electron chi connectivity index (χ4n) is 2.33. The molecule has 0 saturated heterocycles. The topological polar surface area (TPSA) is 45.2 Å². The Balaban J connectivity index is 1.88. The zero-order valence-electron chi connectivity index (χ0n) is 11.7. The van der Waals surface area contributed by atoms with Crippen LogP contribution < -0.4 is 5.32 Å². The highest BCUT2D eigenvalue weighted by atomic mass is 32.1. The molecule has 0 aliphatic heterocycles. The molecule has 3 nitrogen and oxygen atoms in total. The molecular formula is C16H15FN2OS. The Labute approximate surface area is 126 Å². The second kappa shape index (κ2) is 5.33. The molecule has 0 spiro atoms. The number of phenolic OH excluding ortho intramolecular Hbond substituents is 1. The SMILES string of the molecule is Cc1nc2ccc(NC(C)c3cc(F)ccc3O)cc2s1. The molecule has 0 aliphatic rings. The number of benzene rings is 2. The summed E-state index contributed by atoms with van der Waals surface area (Å²) in [5.41, 5.74) is 2.43. The second-order valence-corrected chi connectivity index (χ2v) is 6.22. The van der Waals surface area contributed by atoms with Crippen LogP contribution in [0.3, 0.4) is 0 Å². The molecule has 5 heteroatoms. The van der Waals surface area contributed by atoms with Gasteiger partial charge >= 0.3 is 0 Å². The van der Waals surface area contributed by atoms with Crippen molar-refractivity contribution in [2.45, 2.75) is 19.9 Å². The summed E-state index contributed by atoms with van der Waals surface area (Å²) < 4.78 is 14.4. The molecule has 3 rings (SSSR count). The number of nitrogens with zero attached hydrogens (tertiary/aromatic N) is 1. The van der Waals surface area contributed by atoms with E-state index in [0.29, 0.717) is 5.56 Å². The van der Waals surface area contributed by atoms with E-state index in [1.807, 2.05) is 32.0 Å². The summed E-state index contributed by atoms with van der Waals surface area (Å²) in [7, 11) is 0. The molecule has 0 saturated carbocycles. The Morgan fingerprint density at radius 3 is 2.86 bits per heavy atom. The number of phenols is 1. The number of nitrogens with one attached hydrogen (secondary N) is 1. The van der Waals surface area contributed by atoms with Gasteiger partial charge in [0.15, 0.2) is 0 Å². The Morgan fingerprint density at radius 1 is 1.24 bits per heavy atom. The number of hydrogen-bond donors (Lipinski definition) is 2. The van der Waals surface area contributed by atoms with Crippen LogP contribution in [-0.2, 0) is 0 Å². The molecule has 0 aliphatic carbocycles. The lowest BCUT2D eigenvalue weighted by Gasteiger charge is -2.17. The van der Waals surface area contributed by atoms with Gasteiger partial charge in [0, 0.05) is 11.3 Å². The molecule has 2 N–H and O–H groups in total. The predicted molar refractivity (Wildman–Crippen MR) is 84.5 cm³/mol. The fourth-order valence-corrected chi connectivity index (χ4v) is 3.20. The standard InChI is InChI=1S/C16H15FN2OS/c1-9(13-7-11(17)3-6-15(13)20)18-12-4-5-14-16(8-12)21-10(2)19-14/h3-9,18,20H,1-2H3. The third-order valence-corrected chi connectivity index (χ3v) is 4.27. The number of rotatable bonds is 3. The zero-order chi connectivity index (χ0) is 15.0. The first-order valence-corrected chi connectivity index (χ1v) is 7.47. The predicted octanol–water partition coefficient (Wildman–Crippen LogP) is 4.62. The number of fused-ring (bicyclic) bond motifs is 1. The maximum absolute atomic E-state index is 13.3. The summed E-state index contributed by atoms with van der Waals surface area (Å²) in [6.45, 7) is 3.86. The van der Waals surface area contributed by atoms with Gasteiger partial charge in [-0.15, -0.1) is 11.3 Å². The van der Waals surface area contributed by atoms with E-state index in [1.165, 1.54) is 18.2 Å². The van der Waals surface area contributed by atoms with Crippen LogP contribution in [0.4, 0.5) is 10.1 Å². The molecule has 1 unspecified atom stereocenters. The summed E-state index contributed by atoms with van der Waals surface area (Å²) >= 11 is 1.63. The Morgan fingerprint density at radius 2 is 2.05 bits per heavy atom. The summed E-state index contributed by atoms with van der Waals surface area (Å²) in [5, 5.41) is 14.1. The number of halogens is 1. The van der Waals surface area contributed by atoms with E-state index in [0.717, 1.165) is 20.9 Å². The van der Waals surface area contributed by atoms with Crippen molar-refractivity contribution >= 4 is 27.2 Å². The van der Waals surface area contributed by atoms with Gasteiger partial charge in [0.25, 0.3) is 0 Å². The molecular weight excluding hydrogens is 287 g/mol. The van der Waals surface area contributed by atoms with Gasteiger partial charge < -0.3 is 10.4 Å². The van der Waals surface area contributed by atoms with Gasteiger partial charge in [-0.2, -0.15) is 0 Å². The van der Waals surface area contributed by atoms with Crippen molar-refractivity contribution in [1.82, 2.24) is 4.98 Å². The largest absolute Gasteiger partial charge is 0.508 e. The minimum Gasteiger partial charge on any atom is -0.508 e. The van der Waals surface area contributed by atoms with Gasteiger partial charge in [-0.05, 0) is 50.2 Å². The number of aromatic nitrogens is 1. The molecule has 1 atom stereocenters. The minimum atomic E-state index is -0.356. The normalized spacial score (nSPS) is 12.5. The number of anilines is 1. The van der Waals surface area contributed by atoms with Crippen molar-refractivity contribution in [3.8, 4) is 5.75 Å². The van der Waals surface area contributed by atoms with Gasteiger partial charge in [0.1, 0.15) is 11.6 Å². The van der Waals surface area contributed by atoms with Crippen molar-refractivity contribution in [1.29, 1.82) is 0 Å². The second-order valence-electron chi connectivity index (χ2n) is 4.98. The Bertz CT molecular complexity index is 800. The van der Waals surface area contributed by atoms with Crippen molar-refractivity contribution in [3.05, 3.63) is 52.8 Å². The highest BCUT2D eigenvalue weighted by Crippen LogP contribution is 2.30. The van der Waals surface area contributed by atoms with Gasteiger partial charge in [0.2, 0.25) is 0 Å². The minimum absolute atomic E-state index is 0.0890. The number of thiazole rings is 1. The summed E-state index contributed by atoms with van der Waals surface area (Å²) in [6, 6.07) is 9.69. The van der Waals surface area contributed by atoms with E-state index in [4.69, 9.17) is 0 Å². The average molecular weight is 302 g/mol. The quantitative estimate of drug-likeness (QED) is 0.742. The molecule has 0 radical (unpaired) electrons. The third-order valence-electron chi connectivity index (χ3n) is 3.33. The molecule has 1 heterocycles. The van der Waals surface area contributed by atoms with Gasteiger partial charge in [-0.3, -0.25) is 0 Å². The third kappa shape index (κ3) is 2.83. The summed E-state index contributed by atoms with van der Waals surface area (Å²) in [6.07, 6.45) is 0. The van der Waals surface area contributed by atoms with E-state index < -0.39 is 0 Å². The van der Waals surface area contributed by atoms with Crippen molar-refractivity contribution in [3.63, 3.8) is 0 Å². The molecule has 21 heavy (non-hydrogen) atoms. The smallest absolute Gasteiger partial charge is 0.123 e. The van der Waals surface area contributed by atoms with Crippen LogP contribution >= 0.6 is 11.3 Å². The molecule has 2 aromatic carbocycles. The number of aromatic hydroxyl groups is 1. The lowest BCUT2D eigenvalue weighted by atomic mass is 10.1. The molecule has 0 bridgehead atoms. The fraction of sp³-hybridized carbons (Fsp3) is 0.188. The van der Waals surface area contributed by atoms with Gasteiger partial charge in [0.05, 0.1) is 21.3 Å². The summed E-state index contributed by atoms with van der Waals surface area (Å²) in [4.78, 5) is 4.42. The first-order valence-electron chi connectivity index (χ1n) is 6.65. The molecule has 0 fully saturated rings. The van der Waals surface area contributed by atoms with Crippen LogP contribution in [0.1, 0.15) is 23.5 Å². The van der Waals surface area contributed by atoms with Gasteiger partial charge in [-0.1, -0.05) is 0 Å². The Hall–Kier alpha value is -2.14. The van der Waals surface area contributed by atoms with Crippen LogP contribution in [-0.4, -0.2) is 10.1 Å². The molecule has 108 valence electrons. The maximum atomic E-state index is 13.3. The number of aryl methyl sites for hydroxylation is 1. The number of hydrogen-bond acceptors (Lipinski definition) is 4. The van der Waals surface area contributed by atoms with E-state index in [-0.39, 0.29) is 17.6 Å². The van der Waals surface area contributed by atoms with Gasteiger partial charge in [-0.25, -0.2) is 9.37 Å². The molecule has 3 aromatic rings. The molecule has 1 aromatic heterocycles. The van der Waals surface area contributed by atoms with E-state index in [2.05, 4.69) is 10.3 Å². The highest BCUT2D eigenvalue weighted by molar-refractivity contribution is 7.18. The summed E-state index contributed by atoms with van der Waals surface area (Å²) in [5.74, 6) is -0.268. The van der Waals surface area contributed by atoms with Crippen LogP contribution in [0.25, 0.3) is 10.2 Å². The average Bonchev–Trinajstić information content (AvgIpc) is 2.80. The van der Waals surface area contributed by atoms with Crippen LogP contribution in [0.5, 0.6) is 5.75 Å². The first-order chi connectivity index (χ1) is 10.0. The van der Waals surface area contributed by atoms with E-state index in [1.54, 1.807) is 11.3 Å². The lowest BCUT2D eigenvalue weighted by molar-refractivity contribution is 0.462. The van der Waals surface area contributed by atoms with E-state index in [9.17, 15) is 9.50 Å². The van der Waals surface area contributed by atoms with Crippen LogP contribution in [0.2, 0.25) is 0 Å². The van der Waals surface area contributed by atoms with Crippen LogP contribution in [0, 0.1) is 12.7 Å².